The van der Waals surface area contributed by atoms with Crippen molar-refractivity contribution in [1.82, 2.24) is 9.88 Å². The standard InChI is InChI=1S/C18H26N4O4S/c1-3-20-16-10-15(11-19-12-16)17(24)22-6-7-26-18(13-22)4-8-27(25,9-5-18)21-14(2)23/h10-12,20H,3-9,13H2,1-2H3. The number of hydrogen-bond donors (Lipinski definition) is 1. The van der Waals surface area contributed by atoms with Gasteiger partial charge in [0.25, 0.3) is 11.8 Å². The Morgan fingerprint density at radius 3 is 2.78 bits per heavy atom. The Bertz CT molecular complexity index is 834. The van der Waals surface area contributed by atoms with Gasteiger partial charge in [-0.1, -0.05) is 0 Å². The molecule has 9 heteroatoms. The molecule has 2 amide bonds. The number of morpholine rings is 1. The molecular formula is C18H26N4O4S. The smallest absolute Gasteiger partial charge is 0.255 e. The van der Waals surface area contributed by atoms with E-state index < -0.39 is 21.2 Å². The zero-order chi connectivity index (χ0) is 19.5. The third-order valence-corrected chi connectivity index (χ3v) is 7.22. The van der Waals surface area contributed by atoms with E-state index in [1.165, 1.54) is 6.92 Å². The summed E-state index contributed by atoms with van der Waals surface area (Å²) >= 11 is 0. The molecule has 0 radical (unpaired) electrons. The van der Waals surface area contributed by atoms with Crippen LogP contribution in [0.4, 0.5) is 5.69 Å². The second-order valence-electron chi connectivity index (χ2n) is 7.04. The molecule has 1 N–H and O–H groups in total. The number of ether oxygens (including phenoxy) is 1. The van der Waals surface area contributed by atoms with E-state index >= 15 is 0 Å². The highest BCUT2D eigenvalue weighted by molar-refractivity contribution is 7.93. The summed E-state index contributed by atoms with van der Waals surface area (Å²) in [5.74, 6) is 0.174. The Kier molecular flexibility index (Phi) is 5.81. The highest BCUT2D eigenvalue weighted by atomic mass is 32.2. The Labute approximate surface area is 159 Å². The summed E-state index contributed by atoms with van der Waals surface area (Å²) in [4.78, 5) is 30.1. The van der Waals surface area contributed by atoms with Crippen LogP contribution in [0.15, 0.2) is 22.8 Å². The first-order valence-corrected chi connectivity index (χ1v) is 11.1. The average molecular weight is 394 g/mol. The van der Waals surface area contributed by atoms with Crippen molar-refractivity contribution >= 4 is 27.2 Å². The first-order chi connectivity index (χ1) is 12.8. The second kappa shape index (κ2) is 7.93. The quantitative estimate of drug-likeness (QED) is 0.834. The molecule has 3 rings (SSSR count). The van der Waals surface area contributed by atoms with Crippen molar-refractivity contribution in [3.05, 3.63) is 24.0 Å². The second-order valence-corrected chi connectivity index (χ2v) is 9.59. The Morgan fingerprint density at radius 1 is 1.37 bits per heavy atom. The van der Waals surface area contributed by atoms with E-state index in [2.05, 4.69) is 14.7 Å². The molecule has 2 aliphatic rings. The van der Waals surface area contributed by atoms with Gasteiger partial charge in [-0.15, -0.1) is 0 Å². The normalized spacial score (nSPS) is 28.0. The molecule has 2 fully saturated rings. The van der Waals surface area contributed by atoms with E-state index in [0.717, 1.165) is 12.2 Å². The fourth-order valence-electron chi connectivity index (χ4n) is 3.60. The molecule has 0 atom stereocenters. The number of nitrogens with zero attached hydrogens (tertiary/aromatic N) is 3. The van der Waals surface area contributed by atoms with E-state index in [-0.39, 0.29) is 5.91 Å². The van der Waals surface area contributed by atoms with Gasteiger partial charge < -0.3 is 15.0 Å². The molecule has 148 valence electrons. The van der Waals surface area contributed by atoms with Gasteiger partial charge in [0.2, 0.25) is 0 Å². The third kappa shape index (κ3) is 4.65. The molecule has 2 saturated heterocycles. The molecule has 8 nitrogen and oxygen atoms in total. The molecule has 2 aliphatic heterocycles. The summed E-state index contributed by atoms with van der Waals surface area (Å²) < 4.78 is 22.5. The molecule has 1 aromatic heterocycles. The van der Waals surface area contributed by atoms with Crippen LogP contribution in [-0.2, 0) is 19.3 Å². The monoisotopic (exact) mass is 394 g/mol. The van der Waals surface area contributed by atoms with Crippen LogP contribution in [0.3, 0.4) is 0 Å². The average Bonchev–Trinajstić information content (AvgIpc) is 2.64. The first kappa shape index (κ1) is 19.8. The van der Waals surface area contributed by atoms with Crippen LogP contribution in [0.2, 0.25) is 0 Å². The predicted molar refractivity (Wildman–Crippen MR) is 103 cm³/mol. The number of carbonyl (C=O) groups is 2. The molecule has 0 saturated carbocycles. The van der Waals surface area contributed by atoms with Crippen LogP contribution in [-0.4, -0.2) is 69.3 Å². The molecule has 3 heterocycles. The lowest BCUT2D eigenvalue weighted by molar-refractivity contribution is -0.115. The number of nitrogens with one attached hydrogen (secondary N) is 1. The van der Waals surface area contributed by atoms with E-state index in [9.17, 15) is 13.8 Å². The summed E-state index contributed by atoms with van der Waals surface area (Å²) in [6, 6.07) is 1.81. The van der Waals surface area contributed by atoms with Gasteiger partial charge in [0.15, 0.2) is 0 Å². The minimum atomic E-state index is -2.49. The lowest BCUT2D eigenvalue weighted by Gasteiger charge is -2.45. The molecule has 0 bridgehead atoms. The van der Waals surface area contributed by atoms with Crippen molar-refractivity contribution < 1.29 is 18.5 Å². The van der Waals surface area contributed by atoms with Gasteiger partial charge in [0, 0.05) is 43.9 Å². The maximum Gasteiger partial charge on any atom is 0.255 e. The van der Waals surface area contributed by atoms with Crippen molar-refractivity contribution in [2.24, 2.45) is 4.36 Å². The van der Waals surface area contributed by atoms with Crippen molar-refractivity contribution in [3.63, 3.8) is 0 Å². The minimum absolute atomic E-state index is 0.0790. The number of aromatic nitrogens is 1. The Hall–Kier alpha value is -2.00. The maximum atomic E-state index is 12.9. The van der Waals surface area contributed by atoms with Gasteiger partial charge in [-0.05, 0) is 25.8 Å². The van der Waals surface area contributed by atoms with Gasteiger partial charge in [-0.2, -0.15) is 4.36 Å². The van der Waals surface area contributed by atoms with E-state index in [1.54, 1.807) is 23.4 Å². The highest BCUT2D eigenvalue weighted by Crippen LogP contribution is 2.32. The Morgan fingerprint density at radius 2 is 2.11 bits per heavy atom. The molecular weight excluding hydrogens is 368 g/mol. The van der Waals surface area contributed by atoms with Gasteiger partial charge in [-0.3, -0.25) is 14.6 Å². The summed E-state index contributed by atoms with van der Waals surface area (Å²) in [6.07, 6.45) is 4.33. The summed E-state index contributed by atoms with van der Waals surface area (Å²) in [7, 11) is -2.49. The summed E-state index contributed by atoms with van der Waals surface area (Å²) in [6.45, 7) is 5.47. The minimum Gasteiger partial charge on any atom is -0.384 e. The molecule has 0 unspecified atom stereocenters. The SMILES string of the molecule is CCNc1cncc(C(=O)N2CCOC3(CCS(=O)(=NC(C)=O)CC3)C2)c1. The van der Waals surface area contributed by atoms with Crippen molar-refractivity contribution in [1.29, 1.82) is 0 Å². The van der Waals surface area contributed by atoms with E-state index in [0.29, 0.717) is 49.6 Å². The molecule has 1 aromatic rings. The number of amides is 2. The molecule has 27 heavy (non-hydrogen) atoms. The van der Waals surface area contributed by atoms with Crippen LogP contribution in [0.25, 0.3) is 0 Å². The lowest BCUT2D eigenvalue weighted by Crippen LogP contribution is -2.56. The predicted octanol–water partition coefficient (Wildman–Crippen LogP) is 1.53. The highest BCUT2D eigenvalue weighted by Gasteiger charge is 2.42. The van der Waals surface area contributed by atoms with Gasteiger partial charge in [0.1, 0.15) is 0 Å². The number of rotatable bonds is 3. The lowest BCUT2D eigenvalue weighted by atomic mass is 9.94. The van der Waals surface area contributed by atoms with Gasteiger partial charge in [0.05, 0.1) is 39.7 Å². The van der Waals surface area contributed by atoms with Crippen LogP contribution >= 0.6 is 0 Å². The fraction of sp³-hybridized carbons (Fsp3) is 0.611. The number of pyridine rings is 1. The summed E-state index contributed by atoms with van der Waals surface area (Å²) in [5, 5.41) is 3.16. The van der Waals surface area contributed by atoms with Gasteiger partial charge >= 0.3 is 0 Å². The van der Waals surface area contributed by atoms with Crippen molar-refractivity contribution in [2.45, 2.75) is 32.3 Å². The van der Waals surface area contributed by atoms with E-state index in [4.69, 9.17) is 4.74 Å². The van der Waals surface area contributed by atoms with Crippen LogP contribution in [0.1, 0.15) is 37.0 Å². The van der Waals surface area contributed by atoms with Crippen LogP contribution in [0.5, 0.6) is 0 Å². The largest absolute Gasteiger partial charge is 0.384 e. The van der Waals surface area contributed by atoms with Crippen molar-refractivity contribution in [2.75, 3.05) is 43.1 Å². The number of carbonyl (C=O) groups excluding carboxylic acids is 2. The zero-order valence-electron chi connectivity index (χ0n) is 15.8. The fourth-order valence-corrected chi connectivity index (χ4v) is 5.84. The molecule has 1 spiro atoms. The summed E-state index contributed by atoms with van der Waals surface area (Å²) in [5.41, 5.74) is 0.847. The molecule has 0 aliphatic carbocycles. The number of anilines is 1. The van der Waals surface area contributed by atoms with Crippen LogP contribution < -0.4 is 5.32 Å². The number of hydrogen-bond acceptors (Lipinski definition) is 6. The first-order valence-electron chi connectivity index (χ1n) is 9.20. The topological polar surface area (TPSA) is 101 Å². The Balaban J connectivity index is 1.71. The zero-order valence-corrected chi connectivity index (χ0v) is 16.6. The molecule has 0 aromatic carbocycles. The van der Waals surface area contributed by atoms with E-state index in [1.807, 2.05) is 6.92 Å². The van der Waals surface area contributed by atoms with Crippen LogP contribution in [0, 0.1) is 0 Å². The van der Waals surface area contributed by atoms with Gasteiger partial charge in [-0.25, -0.2) is 4.21 Å². The van der Waals surface area contributed by atoms with Crippen molar-refractivity contribution in [3.8, 4) is 0 Å². The third-order valence-electron chi connectivity index (χ3n) is 4.95. The maximum absolute atomic E-state index is 12.9.